The lowest BCUT2D eigenvalue weighted by molar-refractivity contribution is 0.101. The second-order valence-electron chi connectivity index (χ2n) is 7.64. The van der Waals surface area contributed by atoms with Crippen LogP contribution in [0.3, 0.4) is 0 Å². The normalized spacial score (nSPS) is 21.0. The molecule has 2 unspecified atom stereocenters. The van der Waals surface area contributed by atoms with E-state index in [4.69, 9.17) is 4.74 Å². The van der Waals surface area contributed by atoms with Gasteiger partial charge in [0.1, 0.15) is 39.9 Å². The van der Waals surface area contributed by atoms with Gasteiger partial charge < -0.3 is 15.4 Å². The molecule has 162 valence electrons. The number of nitrogens with one attached hydrogen (secondary N) is 2. The highest BCUT2D eigenvalue weighted by Gasteiger charge is 2.26. The average Bonchev–Trinajstić information content (AvgIpc) is 3.18. The summed E-state index contributed by atoms with van der Waals surface area (Å²) in [5.41, 5.74) is 0.227. The van der Waals surface area contributed by atoms with Crippen LogP contribution in [0.2, 0.25) is 0 Å². The molecule has 2 aromatic heterocycles. The Kier molecular flexibility index (Phi) is 6.24. The molecule has 2 N–H and O–H groups in total. The standard InChI is InChI=1S/C22H22F2N4O2S/c1-12-8-14(9-13(2)26-12)30-19-6-7-25-10-17(19)27-21(29)18-11-31-22(28-18)20-15(23)4-3-5-16(20)24/h3-7,10-14,26H,8-9H2,1-2H3,(H,27,29). The van der Waals surface area contributed by atoms with Crippen LogP contribution in [0.4, 0.5) is 14.5 Å². The minimum absolute atomic E-state index is 0.0132. The molecule has 2 atom stereocenters. The number of rotatable bonds is 5. The molecule has 3 aromatic rings. The topological polar surface area (TPSA) is 76.1 Å². The number of hydrogen-bond acceptors (Lipinski definition) is 6. The fourth-order valence-corrected chi connectivity index (χ4v) is 4.59. The maximum absolute atomic E-state index is 14.0. The van der Waals surface area contributed by atoms with E-state index in [1.54, 1.807) is 12.3 Å². The van der Waals surface area contributed by atoms with Gasteiger partial charge in [-0.1, -0.05) is 6.07 Å². The van der Waals surface area contributed by atoms with E-state index in [0.29, 0.717) is 23.5 Å². The fraction of sp³-hybridized carbons (Fsp3) is 0.318. The zero-order valence-corrected chi connectivity index (χ0v) is 17.9. The number of anilines is 1. The van der Waals surface area contributed by atoms with Gasteiger partial charge in [-0.05, 0) is 38.8 Å². The van der Waals surface area contributed by atoms with Crippen LogP contribution >= 0.6 is 11.3 Å². The summed E-state index contributed by atoms with van der Waals surface area (Å²) >= 11 is 0.997. The third kappa shape index (κ3) is 4.88. The van der Waals surface area contributed by atoms with Crippen molar-refractivity contribution in [3.05, 3.63) is 59.4 Å². The molecule has 0 spiro atoms. The molecular formula is C22H22F2N4O2S. The second kappa shape index (κ2) is 9.07. The monoisotopic (exact) mass is 444 g/mol. The minimum atomic E-state index is -0.727. The van der Waals surface area contributed by atoms with Crippen molar-refractivity contribution in [3.63, 3.8) is 0 Å². The third-order valence-corrected chi connectivity index (χ3v) is 5.90. The first-order valence-electron chi connectivity index (χ1n) is 9.98. The van der Waals surface area contributed by atoms with E-state index in [0.717, 1.165) is 36.3 Å². The number of amides is 1. The van der Waals surface area contributed by atoms with Crippen molar-refractivity contribution in [2.75, 3.05) is 5.32 Å². The lowest BCUT2D eigenvalue weighted by Crippen LogP contribution is -2.46. The Bertz CT molecular complexity index is 1060. The number of carbonyl (C=O) groups excluding carboxylic acids is 1. The van der Waals surface area contributed by atoms with E-state index < -0.39 is 17.5 Å². The Morgan fingerprint density at radius 2 is 1.90 bits per heavy atom. The smallest absolute Gasteiger partial charge is 0.275 e. The van der Waals surface area contributed by atoms with Crippen LogP contribution in [0.5, 0.6) is 5.75 Å². The Hall–Kier alpha value is -2.91. The molecular weight excluding hydrogens is 422 g/mol. The summed E-state index contributed by atoms with van der Waals surface area (Å²) in [7, 11) is 0. The number of ether oxygens (including phenoxy) is 1. The molecule has 0 radical (unpaired) electrons. The molecule has 1 fully saturated rings. The van der Waals surface area contributed by atoms with Crippen molar-refractivity contribution in [1.82, 2.24) is 15.3 Å². The molecule has 1 aliphatic heterocycles. The van der Waals surface area contributed by atoms with E-state index >= 15 is 0 Å². The number of carbonyl (C=O) groups is 1. The molecule has 31 heavy (non-hydrogen) atoms. The molecule has 1 amide bonds. The number of aromatic nitrogens is 2. The van der Waals surface area contributed by atoms with Crippen molar-refractivity contribution < 1.29 is 18.3 Å². The molecule has 9 heteroatoms. The average molecular weight is 445 g/mol. The summed E-state index contributed by atoms with van der Waals surface area (Å²) in [5, 5.41) is 7.77. The van der Waals surface area contributed by atoms with E-state index in [1.165, 1.54) is 17.6 Å². The van der Waals surface area contributed by atoms with Crippen molar-refractivity contribution in [2.45, 2.75) is 44.9 Å². The first-order chi connectivity index (χ1) is 14.9. The van der Waals surface area contributed by atoms with E-state index in [-0.39, 0.29) is 22.4 Å². The van der Waals surface area contributed by atoms with Gasteiger partial charge >= 0.3 is 0 Å². The van der Waals surface area contributed by atoms with Crippen molar-refractivity contribution >= 4 is 22.9 Å². The summed E-state index contributed by atoms with van der Waals surface area (Å²) in [6.45, 7) is 4.22. The first kappa shape index (κ1) is 21.3. The summed E-state index contributed by atoms with van der Waals surface area (Å²) < 4.78 is 34.2. The third-order valence-electron chi connectivity index (χ3n) is 5.04. The molecule has 3 heterocycles. The van der Waals surface area contributed by atoms with E-state index in [2.05, 4.69) is 34.4 Å². The van der Waals surface area contributed by atoms with Crippen LogP contribution in [-0.2, 0) is 0 Å². The summed E-state index contributed by atoms with van der Waals surface area (Å²) in [6.07, 6.45) is 4.82. The number of piperidine rings is 1. The van der Waals surface area contributed by atoms with Gasteiger partial charge in [-0.2, -0.15) is 0 Å². The number of hydrogen-bond donors (Lipinski definition) is 2. The Balaban J connectivity index is 1.50. The molecule has 0 bridgehead atoms. The molecule has 6 nitrogen and oxygen atoms in total. The summed E-state index contributed by atoms with van der Waals surface area (Å²) in [4.78, 5) is 20.9. The lowest BCUT2D eigenvalue weighted by atomic mass is 9.97. The van der Waals surface area contributed by atoms with Gasteiger partial charge in [0, 0.05) is 29.7 Å². The van der Waals surface area contributed by atoms with E-state index in [9.17, 15) is 13.6 Å². The molecule has 0 saturated carbocycles. The van der Waals surface area contributed by atoms with Crippen molar-refractivity contribution in [3.8, 4) is 16.3 Å². The van der Waals surface area contributed by atoms with Gasteiger partial charge in [0.25, 0.3) is 5.91 Å². The highest BCUT2D eigenvalue weighted by Crippen LogP contribution is 2.31. The fourth-order valence-electron chi connectivity index (χ4n) is 3.74. The predicted octanol–water partition coefficient (Wildman–Crippen LogP) is 4.64. The van der Waals surface area contributed by atoms with Crippen LogP contribution in [-0.4, -0.2) is 34.1 Å². The zero-order valence-electron chi connectivity index (χ0n) is 17.1. The first-order valence-corrected chi connectivity index (χ1v) is 10.9. The number of pyridine rings is 1. The van der Waals surface area contributed by atoms with Gasteiger partial charge in [0.05, 0.1) is 11.8 Å². The Morgan fingerprint density at radius 1 is 1.19 bits per heavy atom. The van der Waals surface area contributed by atoms with E-state index in [1.807, 2.05) is 0 Å². The number of benzene rings is 1. The molecule has 1 aromatic carbocycles. The number of halogens is 2. The SMILES string of the molecule is CC1CC(Oc2ccncc2NC(=O)c2csc(-c3c(F)cccc3F)n2)CC(C)N1. The van der Waals surface area contributed by atoms with Crippen LogP contribution in [0.1, 0.15) is 37.2 Å². The molecule has 4 rings (SSSR count). The highest BCUT2D eigenvalue weighted by atomic mass is 32.1. The number of nitrogens with zero attached hydrogens (tertiary/aromatic N) is 2. The van der Waals surface area contributed by atoms with Crippen LogP contribution < -0.4 is 15.4 Å². The van der Waals surface area contributed by atoms with Gasteiger partial charge in [-0.25, -0.2) is 13.8 Å². The van der Waals surface area contributed by atoms with Crippen molar-refractivity contribution in [2.24, 2.45) is 0 Å². The largest absolute Gasteiger partial charge is 0.488 e. The maximum atomic E-state index is 14.0. The van der Waals surface area contributed by atoms with Gasteiger partial charge in [-0.3, -0.25) is 9.78 Å². The van der Waals surface area contributed by atoms with Gasteiger partial charge in [0.2, 0.25) is 0 Å². The summed E-state index contributed by atoms with van der Waals surface area (Å²) in [6, 6.07) is 5.96. The lowest BCUT2D eigenvalue weighted by Gasteiger charge is -2.33. The zero-order chi connectivity index (χ0) is 22.0. The Morgan fingerprint density at radius 3 is 2.61 bits per heavy atom. The van der Waals surface area contributed by atoms with Crippen LogP contribution in [0.25, 0.3) is 10.6 Å². The van der Waals surface area contributed by atoms with Crippen LogP contribution in [0.15, 0.2) is 42.0 Å². The van der Waals surface area contributed by atoms with Gasteiger partial charge in [-0.15, -0.1) is 11.3 Å². The summed E-state index contributed by atoms with van der Waals surface area (Å²) in [5.74, 6) is -1.45. The van der Waals surface area contributed by atoms with Gasteiger partial charge in [0.15, 0.2) is 0 Å². The quantitative estimate of drug-likeness (QED) is 0.600. The maximum Gasteiger partial charge on any atom is 0.275 e. The molecule has 1 saturated heterocycles. The second-order valence-corrected chi connectivity index (χ2v) is 8.50. The molecule has 0 aliphatic carbocycles. The number of thiazole rings is 1. The van der Waals surface area contributed by atoms with Crippen molar-refractivity contribution in [1.29, 1.82) is 0 Å². The predicted molar refractivity (Wildman–Crippen MR) is 115 cm³/mol. The molecule has 1 aliphatic rings. The minimum Gasteiger partial charge on any atom is -0.488 e. The Labute approximate surface area is 182 Å². The highest BCUT2D eigenvalue weighted by molar-refractivity contribution is 7.13. The van der Waals surface area contributed by atoms with Crippen LogP contribution in [0, 0.1) is 11.6 Å².